The minimum absolute atomic E-state index is 0.262. The molecular weight excluding hydrogens is 305 g/mol. The van der Waals surface area contributed by atoms with Crippen molar-refractivity contribution in [3.8, 4) is 0 Å². The van der Waals surface area contributed by atoms with Crippen molar-refractivity contribution in [3.63, 3.8) is 0 Å². The summed E-state index contributed by atoms with van der Waals surface area (Å²) in [5.41, 5.74) is -5.49. The van der Waals surface area contributed by atoms with Gasteiger partial charge in [-0.1, -0.05) is 6.92 Å². The van der Waals surface area contributed by atoms with Crippen molar-refractivity contribution in [3.05, 3.63) is 0 Å². The fraction of sp³-hybridized carbons (Fsp3) is 1.00. The Bertz CT molecular complexity index is 474. The van der Waals surface area contributed by atoms with Crippen LogP contribution in [-0.2, 0) is 28.5 Å². The van der Waals surface area contributed by atoms with Crippen molar-refractivity contribution in [2.45, 2.75) is 63.1 Å². The molecule has 0 amide bonds. The van der Waals surface area contributed by atoms with Crippen molar-refractivity contribution in [2.75, 3.05) is 0 Å². The Balaban J connectivity index is 2.21. The summed E-state index contributed by atoms with van der Waals surface area (Å²) in [7, 11) is -5.72. The number of rotatable bonds is 3. The van der Waals surface area contributed by atoms with Crippen LogP contribution in [0.3, 0.4) is 0 Å². The third-order valence-corrected chi connectivity index (χ3v) is 4.05. The van der Waals surface area contributed by atoms with E-state index in [-0.39, 0.29) is 6.42 Å². The number of hydrogen-bond acceptors (Lipinski definition) is 6. The summed E-state index contributed by atoms with van der Waals surface area (Å²) in [5.74, 6) is -1.07. The van der Waals surface area contributed by atoms with Crippen LogP contribution in [0.4, 0.5) is 13.2 Å². The van der Waals surface area contributed by atoms with Crippen molar-refractivity contribution in [2.24, 2.45) is 0 Å². The summed E-state index contributed by atoms with van der Waals surface area (Å²) in [5, 5.41) is 0. The molecule has 2 aliphatic heterocycles. The standard InChI is InChI=1S/C10H15F3O6S/c1-4-5-6(19-20(14,15)10(11,12)13)7-8(16-5)18-9(2,3)17-7/h5-8H,4H2,1-3H3/t5-,6-,7-,8?/m0/s1. The lowest BCUT2D eigenvalue weighted by Crippen LogP contribution is -2.41. The van der Waals surface area contributed by atoms with Gasteiger partial charge in [-0.05, 0) is 20.3 Å². The van der Waals surface area contributed by atoms with Gasteiger partial charge in [-0.15, -0.1) is 0 Å². The highest BCUT2D eigenvalue weighted by atomic mass is 32.2. The summed E-state index contributed by atoms with van der Waals surface area (Å²) in [6.07, 6.45) is -3.94. The minimum Gasteiger partial charge on any atom is -0.344 e. The number of hydrogen-bond donors (Lipinski definition) is 0. The molecule has 2 aliphatic rings. The van der Waals surface area contributed by atoms with Gasteiger partial charge in [0.15, 0.2) is 12.1 Å². The highest BCUT2D eigenvalue weighted by Crippen LogP contribution is 2.41. The van der Waals surface area contributed by atoms with Gasteiger partial charge in [0, 0.05) is 0 Å². The first kappa shape index (κ1) is 16.0. The van der Waals surface area contributed by atoms with E-state index < -0.39 is 46.0 Å². The Morgan fingerprint density at radius 1 is 1.25 bits per heavy atom. The predicted molar refractivity (Wildman–Crippen MR) is 58.8 cm³/mol. The molecule has 0 aromatic heterocycles. The van der Waals surface area contributed by atoms with E-state index in [1.54, 1.807) is 20.8 Å². The zero-order chi connectivity index (χ0) is 15.3. The lowest BCUT2D eigenvalue weighted by atomic mass is 10.1. The molecule has 2 rings (SSSR count). The largest absolute Gasteiger partial charge is 0.523 e. The third-order valence-electron chi connectivity index (χ3n) is 3.01. The van der Waals surface area contributed by atoms with Gasteiger partial charge < -0.3 is 14.2 Å². The Morgan fingerprint density at radius 2 is 1.85 bits per heavy atom. The summed E-state index contributed by atoms with van der Waals surface area (Å²) in [6.45, 7) is 4.73. The number of halogens is 3. The van der Waals surface area contributed by atoms with Crippen molar-refractivity contribution in [1.29, 1.82) is 0 Å². The molecule has 20 heavy (non-hydrogen) atoms. The lowest BCUT2D eigenvalue weighted by Gasteiger charge is -2.25. The molecule has 118 valence electrons. The van der Waals surface area contributed by atoms with E-state index in [4.69, 9.17) is 14.2 Å². The average molecular weight is 320 g/mol. The molecule has 0 aromatic rings. The molecule has 0 spiro atoms. The molecule has 1 unspecified atom stereocenters. The van der Waals surface area contributed by atoms with Crippen LogP contribution in [-0.4, -0.2) is 44.3 Å². The first-order valence-electron chi connectivity index (χ1n) is 5.97. The first-order valence-corrected chi connectivity index (χ1v) is 7.38. The van der Waals surface area contributed by atoms with Gasteiger partial charge in [-0.3, -0.25) is 4.18 Å². The van der Waals surface area contributed by atoms with E-state index in [1.807, 2.05) is 0 Å². The number of alkyl halides is 3. The molecule has 10 heteroatoms. The van der Waals surface area contributed by atoms with Crippen LogP contribution in [0.15, 0.2) is 0 Å². The van der Waals surface area contributed by atoms with Gasteiger partial charge in [-0.25, -0.2) is 0 Å². The minimum atomic E-state index is -5.72. The maximum absolute atomic E-state index is 12.4. The molecule has 0 saturated carbocycles. The average Bonchev–Trinajstić information content (AvgIpc) is 2.70. The normalized spacial score (nSPS) is 37.1. The topological polar surface area (TPSA) is 71.1 Å². The Labute approximate surface area is 114 Å². The van der Waals surface area contributed by atoms with Crippen LogP contribution in [0.5, 0.6) is 0 Å². The highest BCUT2D eigenvalue weighted by molar-refractivity contribution is 7.87. The van der Waals surface area contributed by atoms with Gasteiger partial charge in [0.2, 0.25) is 0 Å². The monoisotopic (exact) mass is 320 g/mol. The molecular formula is C10H15F3O6S. The van der Waals surface area contributed by atoms with E-state index >= 15 is 0 Å². The summed E-state index contributed by atoms with van der Waals surface area (Å²) < 4.78 is 79.7. The van der Waals surface area contributed by atoms with Crippen LogP contribution in [0, 0.1) is 0 Å². The zero-order valence-electron chi connectivity index (χ0n) is 11.0. The van der Waals surface area contributed by atoms with Gasteiger partial charge in [0.25, 0.3) is 0 Å². The van der Waals surface area contributed by atoms with Gasteiger partial charge in [-0.2, -0.15) is 21.6 Å². The highest BCUT2D eigenvalue weighted by Gasteiger charge is 2.59. The predicted octanol–water partition coefficient (Wildman–Crippen LogP) is 1.51. The van der Waals surface area contributed by atoms with E-state index in [2.05, 4.69) is 4.18 Å². The Kier molecular flexibility index (Phi) is 3.83. The first-order chi connectivity index (χ1) is 8.97. The third kappa shape index (κ3) is 2.80. The Hall–Kier alpha value is -0.420. The second-order valence-electron chi connectivity index (χ2n) is 5.01. The van der Waals surface area contributed by atoms with Crippen LogP contribution >= 0.6 is 0 Å². The fourth-order valence-electron chi connectivity index (χ4n) is 2.19. The van der Waals surface area contributed by atoms with E-state index in [9.17, 15) is 21.6 Å². The second-order valence-corrected chi connectivity index (χ2v) is 6.58. The second kappa shape index (κ2) is 4.80. The molecule has 0 aromatic carbocycles. The summed E-state index contributed by atoms with van der Waals surface area (Å²) >= 11 is 0. The van der Waals surface area contributed by atoms with Crippen molar-refractivity contribution in [1.82, 2.24) is 0 Å². The molecule has 0 aliphatic carbocycles. The lowest BCUT2D eigenvalue weighted by molar-refractivity contribution is -0.213. The van der Waals surface area contributed by atoms with Gasteiger partial charge in [0.05, 0.1) is 6.10 Å². The molecule has 2 fully saturated rings. The van der Waals surface area contributed by atoms with E-state index in [1.165, 1.54) is 0 Å². The summed E-state index contributed by atoms with van der Waals surface area (Å²) in [6, 6.07) is 0. The van der Waals surface area contributed by atoms with Crippen molar-refractivity contribution >= 4 is 10.1 Å². The Morgan fingerprint density at radius 3 is 2.35 bits per heavy atom. The summed E-state index contributed by atoms with van der Waals surface area (Å²) in [4.78, 5) is 0. The van der Waals surface area contributed by atoms with Gasteiger partial charge >= 0.3 is 15.6 Å². The molecule has 0 bridgehead atoms. The molecule has 2 saturated heterocycles. The maximum atomic E-state index is 12.4. The van der Waals surface area contributed by atoms with E-state index in [0.717, 1.165) is 0 Å². The molecule has 4 atom stereocenters. The molecule has 6 nitrogen and oxygen atoms in total. The fourth-order valence-corrected chi connectivity index (χ4v) is 2.83. The zero-order valence-corrected chi connectivity index (χ0v) is 11.8. The van der Waals surface area contributed by atoms with Gasteiger partial charge in [0.1, 0.15) is 12.2 Å². The van der Waals surface area contributed by atoms with E-state index in [0.29, 0.717) is 0 Å². The quantitative estimate of drug-likeness (QED) is 0.580. The van der Waals surface area contributed by atoms with Crippen LogP contribution in [0.1, 0.15) is 27.2 Å². The molecule has 2 heterocycles. The smallest absolute Gasteiger partial charge is 0.344 e. The number of ether oxygens (including phenoxy) is 3. The molecule has 0 N–H and O–H groups in total. The van der Waals surface area contributed by atoms with Crippen LogP contribution in [0.25, 0.3) is 0 Å². The SMILES string of the molecule is CC[C@@H]1OC2OC(C)(C)O[C@H]2[C@H]1OS(=O)(=O)C(F)(F)F. The van der Waals surface area contributed by atoms with Crippen LogP contribution in [0.2, 0.25) is 0 Å². The van der Waals surface area contributed by atoms with Crippen molar-refractivity contribution < 1.29 is 40.0 Å². The van der Waals surface area contributed by atoms with Crippen LogP contribution < -0.4 is 0 Å². The molecule has 0 radical (unpaired) electrons. The number of fused-ring (bicyclic) bond motifs is 1. The maximum Gasteiger partial charge on any atom is 0.523 e.